The van der Waals surface area contributed by atoms with Crippen LogP contribution in [0.15, 0.2) is 90.1 Å². The number of hydrogen-bond acceptors (Lipinski definition) is 5. The molecule has 3 aromatic carbocycles. The highest BCUT2D eigenvalue weighted by molar-refractivity contribution is 6.02. The highest BCUT2D eigenvalue weighted by Crippen LogP contribution is 2.28. The molecule has 1 aliphatic carbocycles. The quantitative estimate of drug-likeness (QED) is 0.203. The van der Waals surface area contributed by atoms with Gasteiger partial charge in [-0.1, -0.05) is 112 Å². The smallest absolute Gasteiger partial charge is 0.246 e. The molecule has 5 rings (SSSR count). The minimum atomic E-state index is -1.47. The largest absolute Gasteiger partial charge is 0.350 e. The normalized spacial score (nSPS) is 17.8. The van der Waals surface area contributed by atoms with Crippen molar-refractivity contribution in [3.63, 3.8) is 0 Å². The zero-order chi connectivity index (χ0) is 28.4. The van der Waals surface area contributed by atoms with E-state index in [0.29, 0.717) is 11.3 Å². The van der Waals surface area contributed by atoms with Crippen LogP contribution in [0.1, 0.15) is 61.3 Å². The van der Waals surface area contributed by atoms with Crippen molar-refractivity contribution in [2.75, 3.05) is 11.9 Å². The lowest BCUT2D eigenvalue weighted by Crippen LogP contribution is -2.54. The number of nitrogens with one attached hydrogen (secondary N) is 2. The van der Waals surface area contributed by atoms with Crippen LogP contribution < -0.4 is 27.8 Å². The molecule has 7 heteroatoms. The predicted octanol–water partition coefficient (Wildman–Crippen LogP) is 5.41. The molecule has 0 aromatic heterocycles. The number of carbonyl (C=O) groups excluding carboxylic acids is 1. The van der Waals surface area contributed by atoms with Gasteiger partial charge in [0.1, 0.15) is 18.2 Å². The predicted molar refractivity (Wildman–Crippen MR) is 167 cm³/mol. The van der Waals surface area contributed by atoms with Gasteiger partial charge in [-0.05, 0) is 40.5 Å². The first-order valence-electron chi connectivity index (χ1n) is 13.9. The summed E-state index contributed by atoms with van der Waals surface area (Å²) >= 11 is 0. The van der Waals surface area contributed by atoms with Gasteiger partial charge < -0.3 is 10.6 Å². The molecule has 1 unspecified atom stereocenters. The fourth-order valence-corrected chi connectivity index (χ4v) is 4.75. The monoisotopic (exact) mass is 536 g/mol. The van der Waals surface area contributed by atoms with Gasteiger partial charge in [-0.3, -0.25) is 27.0 Å². The van der Waals surface area contributed by atoms with Gasteiger partial charge in [0.2, 0.25) is 5.91 Å². The van der Waals surface area contributed by atoms with E-state index in [0.717, 1.165) is 28.1 Å². The summed E-state index contributed by atoms with van der Waals surface area (Å²) in [6, 6.07) is 25.4. The molecule has 0 radical (unpaired) electrons. The molecule has 0 saturated heterocycles. The Labute approximate surface area is 237 Å². The summed E-state index contributed by atoms with van der Waals surface area (Å²) in [4.78, 5) is 17.0. The van der Waals surface area contributed by atoms with Gasteiger partial charge in [-0.15, -0.1) is 0 Å². The SMILES string of the molecule is C1CCCC1.CC1C(c2cccc(/C=C/c3ccccc3)c2)=CNC1=NCC(=O)Nc1cccc(C(N)(N)N)c1. The number of carbonyl (C=O) groups is 1. The summed E-state index contributed by atoms with van der Waals surface area (Å²) in [7, 11) is 0. The average molecular weight is 537 g/mol. The molecule has 1 heterocycles. The van der Waals surface area contributed by atoms with Gasteiger partial charge in [0, 0.05) is 23.4 Å². The fourth-order valence-electron chi connectivity index (χ4n) is 4.75. The number of benzene rings is 3. The lowest BCUT2D eigenvalue weighted by molar-refractivity contribution is -0.114. The lowest BCUT2D eigenvalue weighted by Gasteiger charge is -2.19. The Balaban J connectivity index is 0.000000666. The van der Waals surface area contributed by atoms with Gasteiger partial charge in [0.05, 0.1) is 0 Å². The van der Waals surface area contributed by atoms with E-state index in [1.165, 1.54) is 32.1 Å². The van der Waals surface area contributed by atoms with Crippen LogP contribution in [0.25, 0.3) is 17.7 Å². The van der Waals surface area contributed by atoms with Crippen molar-refractivity contribution in [1.29, 1.82) is 0 Å². The first-order chi connectivity index (χ1) is 19.3. The highest BCUT2D eigenvalue weighted by atomic mass is 16.1. The molecule has 1 atom stereocenters. The van der Waals surface area contributed by atoms with Gasteiger partial charge in [-0.25, -0.2) is 0 Å². The van der Waals surface area contributed by atoms with Gasteiger partial charge in [-0.2, -0.15) is 0 Å². The zero-order valence-corrected chi connectivity index (χ0v) is 23.1. The number of amidine groups is 1. The molecule has 1 saturated carbocycles. The molecule has 208 valence electrons. The van der Waals surface area contributed by atoms with Crippen LogP contribution in [0.5, 0.6) is 0 Å². The van der Waals surface area contributed by atoms with Crippen molar-refractivity contribution >= 4 is 35.2 Å². The number of nitrogens with two attached hydrogens (primary N) is 3. The molecule has 40 heavy (non-hydrogen) atoms. The molecular formula is C33H40N6O. The molecule has 3 aromatic rings. The van der Waals surface area contributed by atoms with E-state index in [9.17, 15) is 4.79 Å². The summed E-state index contributed by atoms with van der Waals surface area (Å²) < 4.78 is 0. The standard InChI is InChI=1S/C28H30N6O.C5H10/c1-19-25(22-10-5-9-21(15-22)14-13-20-7-3-2-4-8-20)17-32-27(19)33-18-26(35)34-24-12-6-11-23(16-24)28(29,30)31;1-2-4-5-3-1/h2-17,19H,18,29-31H2,1H3,(H,32,33)(H,34,35);1-5H2/b14-13+;. The Morgan fingerprint density at radius 1 is 0.900 bits per heavy atom. The molecule has 1 amide bonds. The van der Waals surface area contributed by atoms with Crippen LogP contribution in [-0.2, 0) is 10.6 Å². The number of rotatable bonds is 7. The maximum atomic E-state index is 12.5. The second-order valence-corrected chi connectivity index (χ2v) is 10.4. The topological polar surface area (TPSA) is 132 Å². The van der Waals surface area contributed by atoms with Gasteiger partial charge in [0.15, 0.2) is 0 Å². The van der Waals surface area contributed by atoms with Gasteiger partial charge in [0.25, 0.3) is 0 Å². The van der Waals surface area contributed by atoms with Crippen molar-refractivity contribution in [3.05, 3.63) is 107 Å². The van der Waals surface area contributed by atoms with Crippen molar-refractivity contribution in [1.82, 2.24) is 5.32 Å². The molecule has 0 spiro atoms. The molecule has 8 N–H and O–H groups in total. The summed E-state index contributed by atoms with van der Waals surface area (Å²) in [5, 5.41) is 6.03. The van der Waals surface area contributed by atoms with Crippen LogP contribution in [0.2, 0.25) is 0 Å². The van der Waals surface area contributed by atoms with E-state index in [1.54, 1.807) is 24.3 Å². The number of hydrogen-bond donors (Lipinski definition) is 5. The maximum absolute atomic E-state index is 12.5. The van der Waals surface area contributed by atoms with Crippen LogP contribution in [0.3, 0.4) is 0 Å². The Morgan fingerprint density at radius 3 is 2.25 bits per heavy atom. The maximum Gasteiger partial charge on any atom is 0.246 e. The first-order valence-corrected chi connectivity index (χ1v) is 13.9. The van der Waals surface area contributed by atoms with Crippen LogP contribution in [0, 0.1) is 5.92 Å². The van der Waals surface area contributed by atoms with E-state index < -0.39 is 5.79 Å². The zero-order valence-electron chi connectivity index (χ0n) is 23.1. The van der Waals surface area contributed by atoms with Crippen molar-refractivity contribution < 1.29 is 4.79 Å². The van der Waals surface area contributed by atoms with E-state index in [1.807, 2.05) is 30.5 Å². The van der Waals surface area contributed by atoms with Crippen molar-refractivity contribution in [3.8, 4) is 0 Å². The summed E-state index contributed by atoms with van der Waals surface area (Å²) in [6.07, 6.45) is 13.7. The van der Waals surface area contributed by atoms with E-state index in [-0.39, 0.29) is 18.4 Å². The minimum absolute atomic E-state index is 0.0170. The fraction of sp³-hybridized carbons (Fsp3) is 0.273. The number of amides is 1. The lowest BCUT2D eigenvalue weighted by atomic mass is 9.94. The molecule has 0 bridgehead atoms. The number of anilines is 1. The van der Waals surface area contributed by atoms with Crippen LogP contribution in [0.4, 0.5) is 5.69 Å². The average Bonchev–Trinajstić information content (AvgIpc) is 3.65. The summed E-state index contributed by atoms with van der Waals surface area (Å²) in [6.45, 7) is 2.05. The second-order valence-electron chi connectivity index (χ2n) is 10.4. The van der Waals surface area contributed by atoms with Crippen molar-refractivity contribution in [2.24, 2.45) is 28.1 Å². The van der Waals surface area contributed by atoms with E-state index in [4.69, 9.17) is 17.2 Å². The van der Waals surface area contributed by atoms with Crippen molar-refractivity contribution in [2.45, 2.75) is 44.8 Å². The third-order valence-electron chi connectivity index (χ3n) is 7.03. The van der Waals surface area contributed by atoms with E-state index in [2.05, 4.69) is 65.0 Å². The molecular weight excluding hydrogens is 496 g/mol. The third-order valence-corrected chi connectivity index (χ3v) is 7.03. The first kappa shape index (κ1) is 29.0. The Bertz CT molecular complexity index is 1360. The Morgan fingerprint density at radius 2 is 1.55 bits per heavy atom. The van der Waals surface area contributed by atoms with E-state index >= 15 is 0 Å². The summed E-state index contributed by atoms with van der Waals surface area (Å²) in [5.41, 5.74) is 22.8. The Kier molecular flexibility index (Phi) is 10.0. The highest BCUT2D eigenvalue weighted by Gasteiger charge is 2.23. The van der Waals surface area contributed by atoms with Gasteiger partial charge >= 0.3 is 0 Å². The van der Waals surface area contributed by atoms with Crippen LogP contribution >= 0.6 is 0 Å². The second kappa shape index (κ2) is 13.8. The van der Waals surface area contributed by atoms with Crippen LogP contribution in [-0.4, -0.2) is 18.3 Å². The number of aliphatic imine (C=N–C) groups is 1. The summed E-state index contributed by atoms with van der Waals surface area (Å²) in [5.74, 6) is -0.936. The molecule has 2 aliphatic rings. The third kappa shape index (κ3) is 8.48. The molecule has 1 aliphatic heterocycles. The minimum Gasteiger partial charge on any atom is -0.350 e. The Hall–Kier alpha value is -4.04. The molecule has 1 fully saturated rings. The number of nitrogens with zero attached hydrogens (tertiary/aromatic N) is 1. The molecule has 7 nitrogen and oxygen atoms in total.